The summed E-state index contributed by atoms with van der Waals surface area (Å²) in [5.74, 6) is -2.84. The van der Waals surface area contributed by atoms with Crippen LogP contribution in [-0.2, 0) is 14.2 Å². The van der Waals surface area contributed by atoms with E-state index in [0.29, 0.717) is 135 Å². The van der Waals surface area contributed by atoms with Crippen molar-refractivity contribution in [1.29, 1.82) is 10.5 Å². The molecule has 0 atom stereocenters. The molecule has 0 unspecified atom stereocenters. The molecule has 0 amide bonds. The molecule has 3 aliphatic carbocycles. The maximum Gasteiger partial charge on any atom is 0.323 e. The first-order valence-corrected chi connectivity index (χ1v) is 20.3. The van der Waals surface area contributed by atoms with Gasteiger partial charge < -0.3 is 30.2 Å². The number of hydrogen-bond acceptors (Lipinski definition) is 9. The molecule has 0 heterocycles. The van der Waals surface area contributed by atoms with E-state index in [9.17, 15) is 18.4 Å². The fourth-order valence-electron chi connectivity index (χ4n) is 7.74. The number of hydrogen-bond donors (Lipinski definition) is 3. The molecule has 0 bridgehead atoms. The van der Waals surface area contributed by atoms with Gasteiger partial charge in [0.05, 0.1) is 71.5 Å². The lowest BCUT2D eigenvalue weighted by Gasteiger charge is -2.33. The second kappa shape index (κ2) is 23.4. The summed E-state index contributed by atoms with van der Waals surface area (Å²) in [7, 11) is 0. The summed E-state index contributed by atoms with van der Waals surface area (Å²) < 4.78 is 61.0. The largest absolute Gasteiger partial charge is 0.395 e. The molecule has 0 saturated heterocycles. The van der Waals surface area contributed by atoms with Crippen LogP contribution in [0.15, 0.2) is 68.5 Å². The van der Waals surface area contributed by atoms with E-state index in [-0.39, 0.29) is 49.9 Å². The number of nitrogens with zero attached hydrogens (tertiary/aromatic N) is 7. The molecule has 326 valence electrons. The summed E-state index contributed by atoms with van der Waals surface area (Å²) in [6.07, 6.45) is 2.52. The molecule has 0 spiro atoms. The second-order valence-electron chi connectivity index (χ2n) is 17.5. The Balaban J connectivity index is 1.56. The van der Waals surface area contributed by atoms with E-state index in [1.807, 2.05) is 41.5 Å². The van der Waals surface area contributed by atoms with Gasteiger partial charge in [-0.15, -0.1) is 0 Å². The first-order valence-electron chi connectivity index (χ1n) is 20.3. The van der Waals surface area contributed by atoms with Crippen LogP contribution in [0, 0.1) is 65.2 Å². The monoisotopic (exact) mass is 842 g/mol. The third-order valence-electron chi connectivity index (χ3n) is 10.5. The van der Waals surface area contributed by atoms with Crippen molar-refractivity contribution in [2.45, 2.75) is 80.1 Å². The SMILES string of the molecule is [C-]#[N+]C1=C(NCCOCCN(CCOCCNC2=C(C#N)/C(=C(/F)C#N)CC(C)(C)C2)CCOCCNC2=C([N+]#[C-])/C(=C(/F)[N+]#[C-])CC(C)(C)C2)CC(C)(C)C/C1=C(\F)[N+]#[C-]. The summed E-state index contributed by atoms with van der Waals surface area (Å²) in [5, 5.41) is 28.6. The Morgan fingerprint density at radius 1 is 0.590 bits per heavy atom. The van der Waals surface area contributed by atoms with Gasteiger partial charge in [0.1, 0.15) is 12.1 Å². The third kappa shape index (κ3) is 15.1. The van der Waals surface area contributed by atoms with Crippen molar-refractivity contribution in [2.24, 2.45) is 16.2 Å². The molecular formula is C45H57F3N10O3. The van der Waals surface area contributed by atoms with E-state index >= 15 is 0 Å². The number of halogens is 3. The lowest BCUT2D eigenvalue weighted by Crippen LogP contribution is -2.35. The van der Waals surface area contributed by atoms with Gasteiger partial charge in [0.15, 0.2) is 0 Å². The molecule has 3 aliphatic rings. The van der Waals surface area contributed by atoms with Crippen molar-refractivity contribution >= 4 is 0 Å². The van der Waals surface area contributed by atoms with Gasteiger partial charge in [-0.25, -0.2) is 28.2 Å². The second-order valence-corrected chi connectivity index (χ2v) is 17.5. The molecule has 16 heteroatoms. The highest BCUT2D eigenvalue weighted by atomic mass is 19.1. The molecule has 0 aromatic carbocycles. The van der Waals surface area contributed by atoms with E-state index in [4.69, 9.17) is 45.8 Å². The van der Waals surface area contributed by atoms with Gasteiger partial charge in [-0.05, 0) is 65.9 Å². The Bertz CT molecular complexity index is 1840. The summed E-state index contributed by atoms with van der Waals surface area (Å²) in [5.41, 5.74) is 1.69. The minimum atomic E-state index is -0.950. The molecule has 0 saturated carbocycles. The van der Waals surface area contributed by atoms with Crippen LogP contribution in [0.5, 0.6) is 0 Å². The predicted octanol–water partition coefficient (Wildman–Crippen LogP) is 8.55. The summed E-state index contributed by atoms with van der Waals surface area (Å²) in [4.78, 5) is 15.1. The highest BCUT2D eigenvalue weighted by molar-refractivity contribution is 5.52. The van der Waals surface area contributed by atoms with Gasteiger partial charge in [0.25, 0.3) is 0 Å². The first kappa shape index (κ1) is 49.8. The van der Waals surface area contributed by atoms with Gasteiger partial charge in [-0.1, -0.05) is 41.5 Å². The van der Waals surface area contributed by atoms with Crippen molar-refractivity contribution in [1.82, 2.24) is 20.9 Å². The number of rotatable bonds is 21. The molecule has 0 fully saturated rings. The predicted molar refractivity (Wildman–Crippen MR) is 225 cm³/mol. The third-order valence-corrected chi connectivity index (χ3v) is 10.5. The molecule has 3 N–H and O–H groups in total. The fourth-order valence-corrected chi connectivity index (χ4v) is 7.74. The smallest absolute Gasteiger partial charge is 0.323 e. The van der Waals surface area contributed by atoms with Crippen LogP contribution in [0.2, 0.25) is 0 Å². The molecule has 0 radical (unpaired) electrons. The summed E-state index contributed by atoms with van der Waals surface area (Å²) >= 11 is 0. The maximum atomic E-state index is 14.4. The highest BCUT2D eigenvalue weighted by Crippen LogP contribution is 2.45. The fraction of sp³-hybridized carbons (Fsp3) is 0.600. The average molecular weight is 843 g/mol. The van der Waals surface area contributed by atoms with Crippen LogP contribution >= 0.6 is 0 Å². The lowest BCUT2D eigenvalue weighted by atomic mass is 9.74. The minimum Gasteiger partial charge on any atom is -0.395 e. The highest BCUT2D eigenvalue weighted by Gasteiger charge is 2.35. The van der Waals surface area contributed by atoms with Crippen LogP contribution in [0.25, 0.3) is 19.4 Å². The minimum absolute atomic E-state index is 0.124. The lowest BCUT2D eigenvalue weighted by molar-refractivity contribution is 0.0548. The van der Waals surface area contributed by atoms with E-state index in [2.05, 4.69) is 46.3 Å². The van der Waals surface area contributed by atoms with Crippen LogP contribution in [-0.4, -0.2) is 83.8 Å². The van der Waals surface area contributed by atoms with Crippen molar-refractivity contribution < 1.29 is 27.4 Å². The van der Waals surface area contributed by atoms with Gasteiger partial charge in [0.2, 0.25) is 17.2 Å². The van der Waals surface area contributed by atoms with Crippen molar-refractivity contribution in [2.75, 3.05) is 78.9 Å². The van der Waals surface area contributed by atoms with Crippen LogP contribution in [0.4, 0.5) is 13.2 Å². The van der Waals surface area contributed by atoms with Crippen LogP contribution in [0.3, 0.4) is 0 Å². The Morgan fingerprint density at radius 3 is 1.30 bits per heavy atom. The zero-order valence-corrected chi connectivity index (χ0v) is 36.2. The maximum absolute atomic E-state index is 14.4. The normalized spacial score (nSPS) is 20.7. The quantitative estimate of drug-likeness (QED) is 0.0450. The molecule has 0 aromatic heterocycles. The van der Waals surface area contributed by atoms with Crippen molar-refractivity contribution in [3.8, 4) is 12.1 Å². The van der Waals surface area contributed by atoms with Crippen molar-refractivity contribution in [3.05, 3.63) is 114 Å². The first-order chi connectivity index (χ1) is 28.9. The van der Waals surface area contributed by atoms with Gasteiger partial charge in [0, 0.05) is 61.9 Å². The Hall–Kier alpha value is -5.59. The van der Waals surface area contributed by atoms with E-state index in [1.165, 1.54) is 6.07 Å². The van der Waals surface area contributed by atoms with Gasteiger partial charge in [-0.2, -0.15) is 14.9 Å². The Kier molecular flexibility index (Phi) is 19.1. The number of ether oxygens (including phenoxy) is 3. The molecule has 13 nitrogen and oxygen atoms in total. The molecule has 0 aliphatic heterocycles. The van der Waals surface area contributed by atoms with E-state index in [1.54, 1.807) is 0 Å². The summed E-state index contributed by atoms with van der Waals surface area (Å²) in [6.45, 7) is 46.1. The van der Waals surface area contributed by atoms with Crippen LogP contribution in [0.1, 0.15) is 80.1 Å². The zero-order chi connectivity index (χ0) is 45.2. The molecular weight excluding hydrogens is 786 g/mol. The number of nitrogens with one attached hydrogen (secondary N) is 3. The zero-order valence-electron chi connectivity index (χ0n) is 36.2. The van der Waals surface area contributed by atoms with Crippen LogP contribution < -0.4 is 16.0 Å². The number of allylic oxidation sites excluding steroid dienone is 8. The summed E-state index contributed by atoms with van der Waals surface area (Å²) in [6, 6.07) is 3.60. The molecule has 61 heavy (non-hydrogen) atoms. The molecule has 0 aromatic rings. The Morgan fingerprint density at radius 2 is 0.951 bits per heavy atom. The average Bonchev–Trinajstić information content (AvgIpc) is 3.21. The van der Waals surface area contributed by atoms with E-state index < -0.39 is 17.7 Å². The van der Waals surface area contributed by atoms with E-state index in [0.717, 1.165) is 0 Å². The van der Waals surface area contributed by atoms with Gasteiger partial charge >= 0.3 is 11.9 Å². The Labute approximate surface area is 359 Å². The van der Waals surface area contributed by atoms with Crippen molar-refractivity contribution in [3.63, 3.8) is 0 Å². The number of nitriles is 2. The topological polar surface area (TPSA) is 132 Å². The van der Waals surface area contributed by atoms with Gasteiger partial charge in [-0.3, -0.25) is 4.90 Å². The standard InChI is InChI=1S/C45H57F3N10O3/c1-43(2)23-31(35(46)30-50)34(29-49)36(26-43)55-11-17-59-20-14-58(15-21-60-18-12-56-37-27-44(3,4)24-32(39(37)51-7)41(47)53-9)16-22-61-19-13-57-38-28-45(5,6)25-33(40(38)52-8)42(48)54-10/h55-57H,11-28H2,1-6H3/b35-31+,41-32-,42-33-. The molecule has 3 rings (SSSR count).